The smallest absolute Gasteiger partial charge is 0.254 e. The summed E-state index contributed by atoms with van der Waals surface area (Å²) < 4.78 is 13.5. The highest BCUT2D eigenvalue weighted by Gasteiger charge is 2.12. The van der Waals surface area contributed by atoms with Crippen LogP contribution in [0.2, 0.25) is 0 Å². The van der Waals surface area contributed by atoms with Crippen LogP contribution in [0.15, 0.2) is 18.2 Å². The minimum Gasteiger partial charge on any atom is -0.351 e. The van der Waals surface area contributed by atoms with Crippen molar-refractivity contribution < 1.29 is 14.0 Å². The summed E-state index contributed by atoms with van der Waals surface area (Å²) in [6.45, 7) is 5.14. The van der Waals surface area contributed by atoms with Gasteiger partial charge in [-0.05, 0) is 24.7 Å². The summed E-state index contributed by atoms with van der Waals surface area (Å²) in [5.41, 5.74) is 0.313. The van der Waals surface area contributed by atoms with Gasteiger partial charge in [0.1, 0.15) is 5.82 Å². The first-order chi connectivity index (χ1) is 9.04. The summed E-state index contributed by atoms with van der Waals surface area (Å²) in [6.07, 6.45) is 0. The van der Waals surface area contributed by atoms with E-state index in [-0.39, 0.29) is 23.9 Å². The fraction of sp³-hybridized carbons (Fsp3) is 0.385. The topological polar surface area (TPSA) is 70.2 Å². The zero-order valence-electron chi connectivity index (χ0n) is 11.5. The number of carbonyl (C=O) groups is 2. The molecule has 1 aromatic carbocycles. The lowest BCUT2D eigenvalue weighted by Crippen LogP contribution is -2.32. The normalized spacial score (nSPS) is 9.55. The van der Waals surface area contributed by atoms with Crippen LogP contribution in [-0.2, 0) is 4.79 Å². The fourth-order valence-corrected chi connectivity index (χ4v) is 1.52. The average molecular weight is 304 g/mol. The van der Waals surface area contributed by atoms with E-state index in [9.17, 15) is 14.0 Å². The monoisotopic (exact) mass is 303 g/mol. The van der Waals surface area contributed by atoms with Gasteiger partial charge in [-0.1, -0.05) is 6.92 Å². The van der Waals surface area contributed by atoms with Crippen molar-refractivity contribution >= 4 is 29.9 Å². The molecule has 0 bridgehead atoms. The fourth-order valence-electron chi connectivity index (χ4n) is 1.52. The molecule has 2 amide bonds. The van der Waals surface area contributed by atoms with E-state index in [4.69, 9.17) is 0 Å². The third kappa shape index (κ3) is 5.99. The Morgan fingerprint density at radius 1 is 1.25 bits per heavy atom. The van der Waals surface area contributed by atoms with Crippen LogP contribution < -0.4 is 16.0 Å². The van der Waals surface area contributed by atoms with E-state index < -0.39 is 11.7 Å². The lowest BCUT2D eigenvalue weighted by Gasteiger charge is -2.08. The van der Waals surface area contributed by atoms with Crippen molar-refractivity contribution in [2.24, 2.45) is 0 Å². The van der Waals surface area contributed by atoms with Gasteiger partial charge >= 0.3 is 0 Å². The van der Waals surface area contributed by atoms with E-state index in [1.807, 2.05) is 6.92 Å². The van der Waals surface area contributed by atoms with E-state index in [0.29, 0.717) is 18.8 Å². The Morgan fingerprint density at radius 3 is 2.55 bits per heavy atom. The Labute approximate surface area is 123 Å². The summed E-state index contributed by atoms with van der Waals surface area (Å²) in [5.74, 6) is -1.39. The van der Waals surface area contributed by atoms with Crippen LogP contribution in [0.25, 0.3) is 0 Å². The third-order valence-electron chi connectivity index (χ3n) is 2.37. The molecular formula is C13H19ClFN3O2. The standard InChI is InChI=1S/C13H18FN3O2.ClH/c1-3-15-6-7-16-13(19)11-8-10(17-9(2)18)4-5-12(11)14;/h4-5,8,15H,3,6-7H2,1-2H3,(H,16,19)(H,17,18);1H. The van der Waals surface area contributed by atoms with Gasteiger partial charge in [0.15, 0.2) is 0 Å². The highest BCUT2D eigenvalue weighted by Crippen LogP contribution is 2.14. The summed E-state index contributed by atoms with van der Waals surface area (Å²) in [7, 11) is 0. The molecule has 1 rings (SSSR count). The van der Waals surface area contributed by atoms with Crippen LogP contribution in [0.4, 0.5) is 10.1 Å². The number of halogens is 2. The number of nitrogens with one attached hydrogen (secondary N) is 3. The van der Waals surface area contributed by atoms with Crippen LogP contribution >= 0.6 is 12.4 Å². The van der Waals surface area contributed by atoms with Crippen LogP contribution in [-0.4, -0.2) is 31.4 Å². The maximum absolute atomic E-state index is 13.5. The van der Waals surface area contributed by atoms with Gasteiger partial charge in [0.2, 0.25) is 5.91 Å². The van der Waals surface area contributed by atoms with Crippen molar-refractivity contribution in [3.05, 3.63) is 29.6 Å². The number of anilines is 1. The zero-order chi connectivity index (χ0) is 14.3. The molecule has 0 saturated carbocycles. The second-order valence-electron chi connectivity index (χ2n) is 3.99. The van der Waals surface area contributed by atoms with Crippen LogP contribution in [0.5, 0.6) is 0 Å². The maximum Gasteiger partial charge on any atom is 0.254 e. The second-order valence-corrected chi connectivity index (χ2v) is 3.99. The SMILES string of the molecule is CCNCCNC(=O)c1cc(NC(C)=O)ccc1F.Cl. The van der Waals surface area contributed by atoms with Crippen molar-refractivity contribution in [2.45, 2.75) is 13.8 Å². The molecule has 0 spiro atoms. The number of hydrogen-bond donors (Lipinski definition) is 3. The zero-order valence-corrected chi connectivity index (χ0v) is 12.3. The molecule has 0 unspecified atom stereocenters. The van der Waals surface area contributed by atoms with Crippen LogP contribution in [0, 0.1) is 5.82 Å². The first-order valence-corrected chi connectivity index (χ1v) is 6.10. The molecule has 0 aliphatic heterocycles. The molecule has 0 radical (unpaired) electrons. The largest absolute Gasteiger partial charge is 0.351 e. The summed E-state index contributed by atoms with van der Waals surface area (Å²) in [5, 5.41) is 8.15. The van der Waals surface area contributed by atoms with Crippen molar-refractivity contribution in [3.8, 4) is 0 Å². The van der Waals surface area contributed by atoms with Gasteiger partial charge in [-0.2, -0.15) is 0 Å². The summed E-state index contributed by atoms with van der Waals surface area (Å²) in [4.78, 5) is 22.7. The lowest BCUT2D eigenvalue weighted by molar-refractivity contribution is -0.114. The Hall–Kier alpha value is -1.66. The molecule has 0 aromatic heterocycles. The number of benzene rings is 1. The van der Waals surface area contributed by atoms with Gasteiger partial charge in [-0.25, -0.2) is 4.39 Å². The molecule has 0 saturated heterocycles. The summed E-state index contributed by atoms with van der Waals surface area (Å²) in [6, 6.07) is 3.88. The Morgan fingerprint density at radius 2 is 1.95 bits per heavy atom. The second kappa shape index (κ2) is 9.28. The molecule has 0 aliphatic rings. The molecule has 0 fully saturated rings. The Kier molecular flexibility index (Phi) is 8.51. The van der Waals surface area contributed by atoms with Gasteiger partial charge in [0.25, 0.3) is 5.91 Å². The molecule has 1 aromatic rings. The number of carbonyl (C=O) groups excluding carboxylic acids is 2. The molecule has 112 valence electrons. The van der Waals surface area contributed by atoms with Crippen molar-refractivity contribution in [3.63, 3.8) is 0 Å². The molecule has 0 heterocycles. The third-order valence-corrected chi connectivity index (χ3v) is 2.37. The van der Waals surface area contributed by atoms with E-state index in [2.05, 4.69) is 16.0 Å². The van der Waals surface area contributed by atoms with E-state index in [1.54, 1.807) is 0 Å². The molecule has 5 nitrogen and oxygen atoms in total. The first kappa shape index (κ1) is 18.3. The predicted octanol–water partition coefficient (Wildman–Crippen LogP) is 1.55. The van der Waals surface area contributed by atoms with E-state index in [0.717, 1.165) is 12.6 Å². The maximum atomic E-state index is 13.5. The van der Waals surface area contributed by atoms with E-state index in [1.165, 1.54) is 19.1 Å². The van der Waals surface area contributed by atoms with Gasteiger partial charge in [-0.3, -0.25) is 9.59 Å². The molecule has 0 aliphatic carbocycles. The van der Waals surface area contributed by atoms with Crippen molar-refractivity contribution in [1.29, 1.82) is 0 Å². The number of likely N-dealkylation sites (N-methyl/N-ethyl adjacent to an activating group) is 1. The highest BCUT2D eigenvalue weighted by atomic mass is 35.5. The molecule has 0 atom stereocenters. The van der Waals surface area contributed by atoms with Crippen LogP contribution in [0.1, 0.15) is 24.2 Å². The summed E-state index contributed by atoms with van der Waals surface area (Å²) >= 11 is 0. The lowest BCUT2D eigenvalue weighted by atomic mass is 10.1. The minimum atomic E-state index is -0.616. The molecular weight excluding hydrogens is 285 g/mol. The van der Waals surface area contributed by atoms with Gasteiger partial charge < -0.3 is 16.0 Å². The molecule has 20 heavy (non-hydrogen) atoms. The number of amides is 2. The number of hydrogen-bond acceptors (Lipinski definition) is 3. The van der Waals surface area contributed by atoms with E-state index >= 15 is 0 Å². The van der Waals surface area contributed by atoms with Gasteiger partial charge in [-0.15, -0.1) is 12.4 Å². The van der Waals surface area contributed by atoms with Gasteiger partial charge in [0.05, 0.1) is 5.56 Å². The highest BCUT2D eigenvalue weighted by molar-refractivity contribution is 5.97. The number of rotatable bonds is 6. The quantitative estimate of drug-likeness (QED) is 0.698. The van der Waals surface area contributed by atoms with Crippen LogP contribution in [0.3, 0.4) is 0 Å². The van der Waals surface area contributed by atoms with Gasteiger partial charge in [0, 0.05) is 25.7 Å². The first-order valence-electron chi connectivity index (χ1n) is 6.10. The predicted molar refractivity (Wildman–Crippen MR) is 78.8 cm³/mol. The van der Waals surface area contributed by atoms with Crippen molar-refractivity contribution in [2.75, 3.05) is 25.0 Å². The Balaban J connectivity index is 0.00000361. The average Bonchev–Trinajstić information content (AvgIpc) is 2.36. The van der Waals surface area contributed by atoms with Crippen molar-refractivity contribution in [1.82, 2.24) is 10.6 Å². The molecule has 3 N–H and O–H groups in total. The molecule has 7 heteroatoms. The minimum absolute atomic E-state index is 0. The Bertz CT molecular complexity index is 469.